The number of ether oxygens (including phenoxy) is 1. The summed E-state index contributed by atoms with van der Waals surface area (Å²) < 4.78 is 6.37. The molecule has 146 valence electrons. The maximum atomic E-state index is 12.3. The van der Waals surface area contributed by atoms with Gasteiger partial charge in [-0.3, -0.25) is 19.0 Å². The summed E-state index contributed by atoms with van der Waals surface area (Å²) >= 11 is 0. The van der Waals surface area contributed by atoms with E-state index in [1.807, 2.05) is 13.0 Å². The summed E-state index contributed by atoms with van der Waals surface area (Å²) in [5.74, 6) is -0.264. The Hall–Kier alpha value is -2.70. The number of benzene rings is 1. The molecule has 0 bridgehead atoms. The fraction of sp³-hybridized carbons (Fsp3) is 0.500. The van der Waals surface area contributed by atoms with Crippen molar-refractivity contribution in [1.82, 2.24) is 14.9 Å². The zero-order valence-electron chi connectivity index (χ0n) is 16.1. The molecule has 2 rings (SSSR count). The molecule has 1 amide bonds. The van der Waals surface area contributed by atoms with Crippen LogP contribution in [-0.4, -0.2) is 34.1 Å². The smallest absolute Gasteiger partial charge is 0.308 e. The van der Waals surface area contributed by atoms with Gasteiger partial charge in [-0.2, -0.15) is 0 Å². The van der Waals surface area contributed by atoms with E-state index >= 15 is 0 Å². The molecule has 1 aromatic carbocycles. The average Bonchev–Trinajstić information content (AvgIpc) is 2.64. The highest BCUT2D eigenvalue weighted by Crippen LogP contribution is 2.06. The van der Waals surface area contributed by atoms with Gasteiger partial charge >= 0.3 is 5.97 Å². The van der Waals surface area contributed by atoms with Crippen LogP contribution >= 0.6 is 0 Å². The summed E-state index contributed by atoms with van der Waals surface area (Å²) in [5, 5.41) is 3.32. The van der Waals surface area contributed by atoms with Crippen molar-refractivity contribution in [3.8, 4) is 0 Å². The molecule has 0 fully saturated rings. The molecule has 1 aromatic heterocycles. The Kier molecular flexibility index (Phi) is 7.52. The molecule has 0 aliphatic carbocycles. The van der Waals surface area contributed by atoms with Crippen molar-refractivity contribution in [2.45, 2.75) is 52.6 Å². The van der Waals surface area contributed by atoms with Gasteiger partial charge in [-0.25, -0.2) is 4.98 Å². The van der Waals surface area contributed by atoms with Crippen molar-refractivity contribution < 1.29 is 14.3 Å². The molecule has 1 heterocycles. The lowest BCUT2D eigenvalue weighted by molar-refractivity contribution is -0.148. The predicted molar refractivity (Wildman–Crippen MR) is 103 cm³/mol. The summed E-state index contributed by atoms with van der Waals surface area (Å²) in [6.07, 6.45) is 3.32. The van der Waals surface area contributed by atoms with Crippen molar-refractivity contribution in [3.63, 3.8) is 0 Å². The summed E-state index contributed by atoms with van der Waals surface area (Å²) in [6, 6.07) is 7.08. The average molecular weight is 373 g/mol. The summed E-state index contributed by atoms with van der Waals surface area (Å²) in [4.78, 5) is 40.2. The Balaban J connectivity index is 1.77. The summed E-state index contributed by atoms with van der Waals surface area (Å²) in [7, 11) is 0. The molecular weight excluding hydrogens is 346 g/mol. The standard InChI is InChI=1S/C20H27N3O4/c1-14(2)8-9-15(3)22-18(24)12-27-19(25)10-11-23-13-21-17-7-5-4-6-16(17)20(23)26/h4-7,13-15H,8-12H2,1-3H3,(H,22,24). The monoisotopic (exact) mass is 373 g/mol. The van der Waals surface area contributed by atoms with Gasteiger partial charge < -0.3 is 10.1 Å². The topological polar surface area (TPSA) is 90.3 Å². The largest absolute Gasteiger partial charge is 0.456 e. The van der Waals surface area contributed by atoms with E-state index in [9.17, 15) is 14.4 Å². The van der Waals surface area contributed by atoms with E-state index in [1.165, 1.54) is 10.9 Å². The van der Waals surface area contributed by atoms with Crippen LogP contribution in [0.5, 0.6) is 0 Å². The summed E-state index contributed by atoms with van der Waals surface area (Å²) in [5.41, 5.74) is 0.412. The number of nitrogens with zero attached hydrogens (tertiary/aromatic N) is 2. The molecule has 1 atom stereocenters. The van der Waals surface area contributed by atoms with Crippen LogP contribution in [-0.2, 0) is 20.9 Å². The number of esters is 1. The number of rotatable bonds is 9. The van der Waals surface area contributed by atoms with E-state index in [0.717, 1.165) is 12.8 Å². The maximum Gasteiger partial charge on any atom is 0.308 e. The maximum absolute atomic E-state index is 12.3. The number of para-hydroxylation sites is 1. The van der Waals surface area contributed by atoms with Crippen molar-refractivity contribution in [1.29, 1.82) is 0 Å². The molecule has 0 aliphatic rings. The van der Waals surface area contributed by atoms with Crippen molar-refractivity contribution >= 4 is 22.8 Å². The third-order valence-corrected chi connectivity index (χ3v) is 4.24. The molecule has 0 saturated carbocycles. The molecule has 7 heteroatoms. The first-order chi connectivity index (χ1) is 12.9. The fourth-order valence-corrected chi connectivity index (χ4v) is 2.67. The Morgan fingerprint density at radius 3 is 2.67 bits per heavy atom. The molecule has 2 aromatic rings. The summed E-state index contributed by atoms with van der Waals surface area (Å²) in [6.45, 7) is 6.04. The molecule has 1 N–H and O–H groups in total. The zero-order valence-corrected chi connectivity index (χ0v) is 16.1. The first-order valence-corrected chi connectivity index (χ1v) is 9.26. The van der Waals surface area contributed by atoms with E-state index in [2.05, 4.69) is 24.1 Å². The predicted octanol–water partition coefficient (Wildman–Crippen LogP) is 2.27. The lowest BCUT2D eigenvalue weighted by atomic mass is 10.0. The number of hydrogen-bond acceptors (Lipinski definition) is 5. The quantitative estimate of drug-likeness (QED) is 0.681. The number of amides is 1. The third kappa shape index (κ3) is 6.51. The lowest BCUT2D eigenvalue weighted by Gasteiger charge is -2.15. The van der Waals surface area contributed by atoms with Crippen LogP contribution in [0.3, 0.4) is 0 Å². The number of fused-ring (bicyclic) bond motifs is 1. The van der Waals surface area contributed by atoms with E-state index < -0.39 is 5.97 Å². The first kappa shape index (κ1) is 20.6. The second-order valence-electron chi connectivity index (χ2n) is 7.11. The van der Waals surface area contributed by atoms with Crippen molar-refractivity contribution in [3.05, 3.63) is 40.9 Å². The highest BCUT2D eigenvalue weighted by atomic mass is 16.5. The molecular formula is C20H27N3O4. The molecule has 1 unspecified atom stereocenters. The van der Waals surface area contributed by atoms with Gasteiger partial charge in [0.25, 0.3) is 11.5 Å². The minimum atomic E-state index is -0.528. The normalized spacial score (nSPS) is 12.1. The molecule has 0 saturated heterocycles. The van der Waals surface area contributed by atoms with Gasteiger partial charge in [0.2, 0.25) is 0 Å². The Labute approximate surface area is 158 Å². The van der Waals surface area contributed by atoms with Gasteiger partial charge in [0.15, 0.2) is 6.61 Å². The van der Waals surface area contributed by atoms with Gasteiger partial charge in [-0.1, -0.05) is 26.0 Å². The minimum absolute atomic E-state index is 0.00386. The van der Waals surface area contributed by atoms with Crippen molar-refractivity contribution in [2.24, 2.45) is 5.92 Å². The SMILES string of the molecule is CC(C)CCC(C)NC(=O)COC(=O)CCn1cnc2ccccc2c1=O. The number of carbonyl (C=O) groups excluding carboxylic acids is 2. The van der Waals surface area contributed by atoms with Crippen molar-refractivity contribution in [2.75, 3.05) is 6.61 Å². The highest BCUT2D eigenvalue weighted by Gasteiger charge is 2.12. The van der Waals surface area contributed by atoms with E-state index in [0.29, 0.717) is 16.8 Å². The minimum Gasteiger partial charge on any atom is -0.456 e. The second-order valence-corrected chi connectivity index (χ2v) is 7.11. The van der Waals surface area contributed by atoms with Gasteiger partial charge in [0.1, 0.15) is 0 Å². The van der Waals surface area contributed by atoms with Crippen LogP contribution in [0.1, 0.15) is 40.0 Å². The number of aromatic nitrogens is 2. The number of nitrogens with one attached hydrogen (secondary N) is 1. The van der Waals surface area contributed by atoms with Gasteiger partial charge in [-0.15, -0.1) is 0 Å². The van der Waals surface area contributed by atoms with E-state index in [-0.39, 0.29) is 37.1 Å². The molecule has 0 spiro atoms. The Morgan fingerprint density at radius 2 is 1.93 bits per heavy atom. The van der Waals surface area contributed by atoms with E-state index in [1.54, 1.807) is 18.2 Å². The Morgan fingerprint density at radius 1 is 1.19 bits per heavy atom. The fourth-order valence-electron chi connectivity index (χ4n) is 2.67. The Bertz CT molecular complexity index is 844. The van der Waals surface area contributed by atoms with Crippen LogP contribution in [0, 0.1) is 5.92 Å². The van der Waals surface area contributed by atoms with E-state index in [4.69, 9.17) is 4.74 Å². The molecule has 27 heavy (non-hydrogen) atoms. The van der Waals surface area contributed by atoms with Gasteiger partial charge in [-0.05, 0) is 37.8 Å². The van der Waals surface area contributed by atoms with Crippen LogP contribution in [0.15, 0.2) is 35.4 Å². The number of hydrogen-bond donors (Lipinski definition) is 1. The third-order valence-electron chi connectivity index (χ3n) is 4.24. The highest BCUT2D eigenvalue weighted by molar-refractivity contribution is 5.80. The zero-order chi connectivity index (χ0) is 19.8. The van der Waals surface area contributed by atoms with Gasteiger partial charge in [0.05, 0.1) is 23.7 Å². The molecule has 0 aliphatic heterocycles. The van der Waals surface area contributed by atoms with Crippen LogP contribution in [0.4, 0.5) is 0 Å². The number of carbonyl (C=O) groups is 2. The molecule has 0 radical (unpaired) electrons. The van der Waals surface area contributed by atoms with Crippen LogP contribution in [0.25, 0.3) is 10.9 Å². The van der Waals surface area contributed by atoms with Gasteiger partial charge in [0, 0.05) is 12.6 Å². The number of aryl methyl sites for hydroxylation is 1. The van der Waals surface area contributed by atoms with Crippen LogP contribution in [0.2, 0.25) is 0 Å². The second kappa shape index (κ2) is 9.85. The lowest BCUT2D eigenvalue weighted by Crippen LogP contribution is -2.36. The molecule has 7 nitrogen and oxygen atoms in total. The van der Waals surface area contributed by atoms with Crippen LogP contribution < -0.4 is 10.9 Å². The first-order valence-electron chi connectivity index (χ1n) is 9.26.